The van der Waals surface area contributed by atoms with Crippen molar-refractivity contribution in [2.24, 2.45) is 5.73 Å². The fourth-order valence-electron chi connectivity index (χ4n) is 1.11. The Hall–Kier alpha value is -1.10. The Bertz CT molecular complexity index is 349. The molecule has 1 aromatic carbocycles. The molecule has 0 spiro atoms. The first-order chi connectivity index (χ1) is 6.43. The van der Waals surface area contributed by atoms with Gasteiger partial charge in [0.25, 0.3) is 0 Å². The third-order valence-electron chi connectivity index (χ3n) is 1.74. The summed E-state index contributed by atoms with van der Waals surface area (Å²) >= 11 is 0. The largest absolute Gasteiger partial charge is 0.328 e. The van der Waals surface area contributed by atoms with Crippen LogP contribution in [0.15, 0.2) is 6.07 Å². The SMILES string of the molecule is CC(N)Cc1c(F)cc(F)c(F)c1F. The van der Waals surface area contributed by atoms with Crippen molar-refractivity contribution < 1.29 is 17.6 Å². The highest BCUT2D eigenvalue weighted by Gasteiger charge is 2.19. The summed E-state index contributed by atoms with van der Waals surface area (Å²) in [6.45, 7) is 1.51. The Kier molecular flexibility index (Phi) is 3.10. The number of benzene rings is 1. The second kappa shape index (κ2) is 3.96. The van der Waals surface area contributed by atoms with E-state index in [9.17, 15) is 17.6 Å². The highest BCUT2D eigenvalue weighted by Crippen LogP contribution is 2.19. The molecule has 0 aromatic heterocycles. The molecular formula is C9H9F4N. The van der Waals surface area contributed by atoms with Gasteiger partial charge in [0.05, 0.1) is 0 Å². The minimum Gasteiger partial charge on any atom is -0.328 e. The van der Waals surface area contributed by atoms with Crippen LogP contribution in [0.25, 0.3) is 0 Å². The highest BCUT2D eigenvalue weighted by molar-refractivity contribution is 5.23. The van der Waals surface area contributed by atoms with Crippen LogP contribution in [0, 0.1) is 23.3 Å². The Labute approximate surface area is 78.5 Å². The molecule has 0 radical (unpaired) electrons. The topological polar surface area (TPSA) is 26.0 Å². The molecule has 1 unspecified atom stereocenters. The van der Waals surface area contributed by atoms with Gasteiger partial charge in [0, 0.05) is 17.7 Å². The Morgan fingerprint density at radius 3 is 2.21 bits per heavy atom. The van der Waals surface area contributed by atoms with Crippen LogP contribution in [0.4, 0.5) is 17.6 Å². The molecule has 1 aromatic rings. The molecule has 0 heterocycles. The molecule has 1 rings (SSSR count). The molecule has 0 aliphatic heterocycles. The standard InChI is InChI=1S/C9H9F4N/c1-4(14)2-5-6(10)3-7(11)9(13)8(5)12/h3-4H,2,14H2,1H3. The van der Waals surface area contributed by atoms with Crippen LogP contribution in [0.1, 0.15) is 12.5 Å². The smallest absolute Gasteiger partial charge is 0.194 e. The number of hydrogen-bond donors (Lipinski definition) is 1. The summed E-state index contributed by atoms with van der Waals surface area (Å²) in [4.78, 5) is 0. The third kappa shape index (κ3) is 2.04. The molecule has 0 saturated heterocycles. The number of rotatable bonds is 2. The molecule has 14 heavy (non-hydrogen) atoms. The van der Waals surface area contributed by atoms with Crippen LogP contribution in [-0.4, -0.2) is 6.04 Å². The molecule has 5 heteroatoms. The summed E-state index contributed by atoms with van der Waals surface area (Å²) in [6, 6.07) is -0.209. The molecule has 0 aliphatic rings. The molecule has 2 N–H and O–H groups in total. The van der Waals surface area contributed by atoms with Gasteiger partial charge in [-0.1, -0.05) is 0 Å². The summed E-state index contributed by atoms with van der Waals surface area (Å²) in [6.07, 6.45) is -0.172. The van der Waals surface area contributed by atoms with Gasteiger partial charge in [0.2, 0.25) is 0 Å². The van der Waals surface area contributed by atoms with Crippen molar-refractivity contribution in [3.63, 3.8) is 0 Å². The summed E-state index contributed by atoms with van der Waals surface area (Å²) in [7, 11) is 0. The van der Waals surface area contributed by atoms with E-state index in [4.69, 9.17) is 5.73 Å². The highest BCUT2D eigenvalue weighted by atomic mass is 19.2. The summed E-state index contributed by atoms with van der Waals surface area (Å²) in [5.41, 5.74) is 4.79. The predicted octanol–water partition coefficient (Wildman–Crippen LogP) is 2.13. The van der Waals surface area contributed by atoms with E-state index in [1.54, 1.807) is 0 Å². The van der Waals surface area contributed by atoms with E-state index in [0.717, 1.165) is 0 Å². The average Bonchev–Trinajstić information content (AvgIpc) is 2.09. The van der Waals surface area contributed by atoms with Gasteiger partial charge in [0.1, 0.15) is 5.82 Å². The van der Waals surface area contributed by atoms with Crippen molar-refractivity contribution in [2.75, 3.05) is 0 Å². The predicted molar refractivity (Wildman–Crippen MR) is 43.6 cm³/mol. The van der Waals surface area contributed by atoms with Gasteiger partial charge in [-0.2, -0.15) is 0 Å². The molecule has 78 valence electrons. The lowest BCUT2D eigenvalue weighted by atomic mass is 10.1. The molecule has 0 saturated carbocycles. The van der Waals surface area contributed by atoms with Gasteiger partial charge < -0.3 is 5.73 Å². The molecule has 0 aliphatic carbocycles. The number of nitrogens with two attached hydrogens (primary N) is 1. The Morgan fingerprint density at radius 1 is 1.14 bits per heavy atom. The van der Waals surface area contributed by atoms with Crippen LogP contribution in [0.5, 0.6) is 0 Å². The molecule has 1 nitrogen and oxygen atoms in total. The van der Waals surface area contributed by atoms with Crippen LogP contribution in [0.3, 0.4) is 0 Å². The lowest BCUT2D eigenvalue weighted by Gasteiger charge is -2.08. The maximum absolute atomic E-state index is 13.0. The lowest BCUT2D eigenvalue weighted by Crippen LogP contribution is -2.20. The van der Waals surface area contributed by atoms with Crippen molar-refractivity contribution in [3.8, 4) is 0 Å². The van der Waals surface area contributed by atoms with Crippen molar-refractivity contribution in [3.05, 3.63) is 34.9 Å². The minimum atomic E-state index is -1.66. The summed E-state index contributed by atoms with van der Waals surface area (Å²) < 4.78 is 51.1. The Morgan fingerprint density at radius 2 is 1.71 bits per heavy atom. The van der Waals surface area contributed by atoms with Crippen LogP contribution in [-0.2, 0) is 6.42 Å². The van der Waals surface area contributed by atoms with E-state index >= 15 is 0 Å². The third-order valence-corrected chi connectivity index (χ3v) is 1.74. The van der Waals surface area contributed by atoms with Crippen LogP contribution >= 0.6 is 0 Å². The van der Waals surface area contributed by atoms with E-state index in [0.29, 0.717) is 6.07 Å². The van der Waals surface area contributed by atoms with Gasteiger partial charge in [-0.25, -0.2) is 17.6 Å². The first-order valence-corrected chi connectivity index (χ1v) is 4.01. The van der Waals surface area contributed by atoms with E-state index < -0.39 is 34.9 Å². The van der Waals surface area contributed by atoms with E-state index in [1.165, 1.54) is 6.92 Å². The fraction of sp³-hybridized carbons (Fsp3) is 0.333. The van der Waals surface area contributed by atoms with Gasteiger partial charge >= 0.3 is 0 Å². The van der Waals surface area contributed by atoms with Crippen LogP contribution in [0.2, 0.25) is 0 Å². The zero-order valence-corrected chi connectivity index (χ0v) is 7.45. The number of halogens is 4. The Balaban J connectivity index is 3.22. The van der Waals surface area contributed by atoms with Gasteiger partial charge in [-0.05, 0) is 13.3 Å². The maximum Gasteiger partial charge on any atom is 0.194 e. The monoisotopic (exact) mass is 207 g/mol. The summed E-state index contributed by atoms with van der Waals surface area (Å²) in [5.74, 6) is -5.81. The van der Waals surface area contributed by atoms with Crippen molar-refractivity contribution >= 4 is 0 Å². The van der Waals surface area contributed by atoms with E-state index in [2.05, 4.69) is 0 Å². The number of hydrogen-bond acceptors (Lipinski definition) is 1. The normalized spacial score (nSPS) is 13.0. The first kappa shape index (κ1) is 11.0. The summed E-state index contributed by atoms with van der Waals surface area (Å²) in [5, 5.41) is 0. The lowest BCUT2D eigenvalue weighted by molar-refractivity contribution is 0.422. The minimum absolute atomic E-state index is 0.172. The van der Waals surface area contributed by atoms with Crippen molar-refractivity contribution in [2.45, 2.75) is 19.4 Å². The quantitative estimate of drug-likeness (QED) is 0.448. The zero-order valence-electron chi connectivity index (χ0n) is 7.45. The zero-order chi connectivity index (χ0) is 10.9. The first-order valence-electron chi connectivity index (χ1n) is 4.01. The molecular weight excluding hydrogens is 198 g/mol. The maximum atomic E-state index is 13.0. The van der Waals surface area contributed by atoms with Gasteiger partial charge in [-0.15, -0.1) is 0 Å². The average molecular weight is 207 g/mol. The van der Waals surface area contributed by atoms with Crippen LogP contribution < -0.4 is 5.73 Å². The van der Waals surface area contributed by atoms with Crippen molar-refractivity contribution in [1.29, 1.82) is 0 Å². The molecule has 0 amide bonds. The van der Waals surface area contributed by atoms with E-state index in [-0.39, 0.29) is 6.42 Å². The van der Waals surface area contributed by atoms with Crippen molar-refractivity contribution in [1.82, 2.24) is 0 Å². The van der Waals surface area contributed by atoms with Gasteiger partial charge in [0.15, 0.2) is 17.5 Å². The fourth-order valence-corrected chi connectivity index (χ4v) is 1.11. The van der Waals surface area contributed by atoms with Gasteiger partial charge in [-0.3, -0.25) is 0 Å². The molecule has 0 bridgehead atoms. The molecule has 0 fully saturated rings. The molecule has 1 atom stereocenters. The second-order valence-corrected chi connectivity index (χ2v) is 3.13. The second-order valence-electron chi connectivity index (χ2n) is 3.13. The van der Waals surface area contributed by atoms with E-state index in [1.807, 2.05) is 0 Å².